The Kier molecular flexibility index (Phi) is 10.9. The number of carbonyl (C=O) groups is 2. The fourth-order valence-corrected chi connectivity index (χ4v) is 6.51. The van der Waals surface area contributed by atoms with E-state index in [1.165, 1.54) is 12.1 Å². The standard InChI is InChI=1S/C38H40F3N5O3/c39-38(40,41)31-12-8-27(9-13-31)21-34-37(48)46(25-28-10-14-33(15-11-28)49-32-6-2-1-3-7-32)35(36(47)44-34)26-45(23-29-16-19-42-20-17-29)24-30-5-4-18-43-22-30/h1-15,18,22,29,34-35,42H,16-17,19-21,23-26H2,(H,44,47)/t34-,35-/m0/s1. The van der Waals surface area contributed by atoms with E-state index in [4.69, 9.17) is 4.74 Å². The molecule has 0 spiro atoms. The smallest absolute Gasteiger partial charge is 0.416 e. The van der Waals surface area contributed by atoms with Gasteiger partial charge in [-0.1, -0.05) is 48.5 Å². The molecule has 2 amide bonds. The van der Waals surface area contributed by atoms with Gasteiger partial charge in [0.15, 0.2) is 0 Å². The van der Waals surface area contributed by atoms with Crippen LogP contribution in [0.5, 0.6) is 11.5 Å². The zero-order valence-electron chi connectivity index (χ0n) is 27.1. The number of amides is 2. The molecule has 0 radical (unpaired) electrons. The van der Waals surface area contributed by atoms with Crippen molar-refractivity contribution in [2.75, 3.05) is 26.2 Å². The molecule has 8 nitrogen and oxygen atoms in total. The van der Waals surface area contributed by atoms with Crippen molar-refractivity contribution in [1.82, 2.24) is 25.4 Å². The van der Waals surface area contributed by atoms with E-state index in [0.717, 1.165) is 55.7 Å². The second-order valence-corrected chi connectivity index (χ2v) is 12.7. The monoisotopic (exact) mass is 671 g/mol. The van der Waals surface area contributed by atoms with Crippen molar-refractivity contribution >= 4 is 11.8 Å². The van der Waals surface area contributed by atoms with Gasteiger partial charge in [-0.05, 0) is 91.0 Å². The Balaban J connectivity index is 1.24. The minimum absolute atomic E-state index is 0.0737. The third-order valence-electron chi connectivity index (χ3n) is 9.09. The molecule has 4 aromatic rings. The topological polar surface area (TPSA) is 86.8 Å². The van der Waals surface area contributed by atoms with E-state index >= 15 is 0 Å². The number of hydrogen-bond acceptors (Lipinski definition) is 6. The van der Waals surface area contributed by atoms with Gasteiger partial charge in [0.05, 0.1) is 5.56 Å². The number of carbonyl (C=O) groups excluding carboxylic acids is 2. The van der Waals surface area contributed by atoms with Crippen LogP contribution in [0, 0.1) is 5.92 Å². The van der Waals surface area contributed by atoms with Crippen molar-refractivity contribution in [1.29, 1.82) is 0 Å². The maximum atomic E-state index is 14.2. The van der Waals surface area contributed by atoms with Crippen LogP contribution in [0.25, 0.3) is 0 Å². The molecule has 0 unspecified atom stereocenters. The lowest BCUT2D eigenvalue weighted by atomic mass is 9.96. The lowest BCUT2D eigenvalue weighted by Crippen LogP contribution is -2.66. The lowest BCUT2D eigenvalue weighted by Gasteiger charge is -2.42. The Bertz CT molecular complexity index is 1670. The summed E-state index contributed by atoms with van der Waals surface area (Å²) in [6.07, 6.45) is 1.20. The minimum atomic E-state index is -4.46. The summed E-state index contributed by atoms with van der Waals surface area (Å²) in [4.78, 5) is 36.3. The van der Waals surface area contributed by atoms with E-state index in [2.05, 4.69) is 20.5 Å². The first-order valence-electron chi connectivity index (χ1n) is 16.6. The Morgan fingerprint density at radius 2 is 1.51 bits per heavy atom. The summed E-state index contributed by atoms with van der Waals surface area (Å²) in [6, 6.07) is 23.7. The molecule has 2 fully saturated rings. The molecule has 2 saturated heterocycles. The summed E-state index contributed by atoms with van der Waals surface area (Å²) >= 11 is 0. The number of nitrogens with zero attached hydrogens (tertiary/aromatic N) is 3. The Hall–Kier alpha value is -4.74. The number of ether oxygens (including phenoxy) is 1. The van der Waals surface area contributed by atoms with Gasteiger partial charge in [-0.2, -0.15) is 13.2 Å². The third kappa shape index (κ3) is 9.24. The molecule has 2 aliphatic heterocycles. The first-order chi connectivity index (χ1) is 23.7. The molecule has 2 atom stereocenters. The van der Waals surface area contributed by atoms with Gasteiger partial charge in [-0.25, -0.2) is 0 Å². The summed E-state index contributed by atoms with van der Waals surface area (Å²) in [5.41, 5.74) is 1.59. The predicted molar refractivity (Wildman–Crippen MR) is 179 cm³/mol. The second kappa shape index (κ2) is 15.7. The second-order valence-electron chi connectivity index (χ2n) is 12.7. The Morgan fingerprint density at radius 3 is 2.18 bits per heavy atom. The van der Waals surface area contributed by atoms with E-state index in [-0.39, 0.29) is 24.8 Å². The van der Waals surface area contributed by atoms with Gasteiger partial charge in [0.2, 0.25) is 11.8 Å². The zero-order chi connectivity index (χ0) is 34.2. The number of pyridine rings is 1. The Morgan fingerprint density at radius 1 is 0.816 bits per heavy atom. The number of aromatic nitrogens is 1. The zero-order valence-corrected chi connectivity index (χ0v) is 27.1. The number of para-hydroxylation sites is 1. The number of halogens is 3. The summed E-state index contributed by atoms with van der Waals surface area (Å²) in [6.45, 7) is 3.72. The summed E-state index contributed by atoms with van der Waals surface area (Å²) in [5.74, 6) is 1.21. The third-order valence-corrected chi connectivity index (χ3v) is 9.09. The SMILES string of the molecule is O=C1N[C@@H](Cc2ccc(C(F)(F)F)cc2)C(=O)N(Cc2ccc(Oc3ccccc3)cc2)[C@H]1CN(Cc1cccnc1)CC1CCNCC1. The highest BCUT2D eigenvalue weighted by atomic mass is 19.4. The molecule has 49 heavy (non-hydrogen) atoms. The summed E-state index contributed by atoms with van der Waals surface area (Å²) in [7, 11) is 0. The van der Waals surface area contributed by atoms with Crippen LogP contribution in [0.4, 0.5) is 13.2 Å². The normalized spacial score (nSPS) is 18.8. The molecule has 3 aromatic carbocycles. The van der Waals surface area contributed by atoms with Crippen LogP contribution in [0.15, 0.2) is 103 Å². The van der Waals surface area contributed by atoms with E-state index in [1.807, 2.05) is 72.9 Å². The van der Waals surface area contributed by atoms with Crippen molar-refractivity contribution in [3.8, 4) is 11.5 Å². The first-order valence-corrected chi connectivity index (χ1v) is 16.6. The number of hydrogen-bond donors (Lipinski definition) is 2. The van der Waals surface area contributed by atoms with Gasteiger partial charge in [0.1, 0.15) is 23.6 Å². The van der Waals surface area contributed by atoms with Gasteiger partial charge >= 0.3 is 6.18 Å². The molecule has 2 N–H and O–H groups in total. The molecular weight excluding hydrogens is 631 g/mol. The van der Waals surface area contributed by atoms with Gasteiger partial charge in [0, 0.05) is 45.0 Å². The van der Waals surface area contributed by atoms with Crippen molar-refractivity contribution in [3.05, 3.63) is 126 Å². The van der Waals surface area contributed by atoms with E-state index in [9.17, 15) is 22.8 Å². The van der Waals surface area contributed by atoms with E-state index < -0.39 is 23.8 Å². The number of nitrogens with one attached hydrogen (secondary N) is 2. The maximum Gasteiger partial charge on any atom is 0.416 e. The van der Waals surface area contributed by atoms with Crippen LogP contribution < -0.4 is 15.4 Å². The number of benzene rings is 3. The van der Waals surface area contributed by atoms with Gasteiger partial charge in [-0.15, -0.1) is 0 Å². The fraction of sp³-hybridized carbons (Fsp3) is 0.342. The highest BCUT2D eigenvalue weighted by Gasteiger charge is 2.41. The number of alkyl halides is 3. The van der Waals surface area contributed by atoms with Crippen LogP contribution in [0.2, 0.25) is 0 Å². The quantitative estimate of drug-likeness (QED) is 0.197. The molecule has 256 valence electrons. The van der Waals surface area contributed by atoms with Gasteiger partial charge in [0.25, 0.3) is 0 Å². The fourth-order valence-electron chi connectivity index (χ4n) is 6.51. The van der Waals surface area contributed by atoms with E-state index in [1.54, 1.807) is 11.1 Å². The largest absolute Gasteiger partial charge is 0.457 e. The van der Waals surface area contributed by atoms with Gasteiger partial charge < -0.3 is 20.3 Å². The molecule has 0 bridgehead atoms. The molecule has 6 rings (SSSR count). The summed E-state index contributed by atoms with van der Waals surface area (Å²) in [5, 5.41) is 6.32. The summed E-state index contributed by atoms with van der Waals surface area (Å²) < 4.78 is 45.5. The molecule has 1 aromatic heterocycles. The molecule has 2 aliphatic rings. The molecular formula is C38H40F3N5O3. The van der Waals surface area contributed by atoms with Crippen LogP contribution in [0.3, 0.4) is 0 Å². The van der Waals surface area contributed by atoms with E-state index in [0.29, 0.717) is 36.1 Å². The van der Waals surface area contributed by atoms with Crippen LogP contribution in [0.1, 0.15) is 35.1 Å². The number of piperidine rings is 1. The van der Waals surface area contributed by atoms with Crippen LogP contribution >= 0.6 is 0 Å². The number of rotatable bonds is 12. The minimum Gasteiger partial charge on any atom is -0.457 e. The number of piperazine rings is 1. The molecule has 11 heteroatoms. The van der Waals surface area contributed by atoms with Crippen molar-refractivity contribution in [2.24, 2.45) is 5.92 Å². The van der Waals surface area contributed by atoms with Crippen molar-refractivity contribution in [2.45, 2.75) is 50.6 Å². The van der Waals surface area contributed by atoms with Gasteiger partial charge in [-0.3, -0.25) is 19.5 Å². The Labute approximate surface area is 284 Å². The van der Waals surface area contributed by atoms with Crippen LogP contribution in [-0.4, -0.2) is 64.9 Å². The maximum absolute atomic E-state index is 14.2. The van der Waals surface area contributed by atoms with Crippen molar-refractivity contribution in [3.63, 3.8) is 0 Å². The lowest BCUT2D eigenvalue weighted by molar-refractivity contribution is -0.151. The molecule has 3 heterocycles. The highest BCUT2D eigenvalue weighted by molar-refractivity contribution is 5.97. The average Bonchev–Trinajstić information content (AvgIpc) is 3.10. The van der Waals surface area contributed by atoms with Crippen molar-refractivity contribution < 1.29 is 27.5 Å². The first kappa shape index (κ1) is 34.1. The average molecular weight is 672 g/mol. The van der Waals surface area contributed by atoms with Crippen LogP contribution in [-0.2, 0) is 35.3 Å². The predicted octanol–water partition coefficient (Wildman–Crippen LogP) is 5.83. The highest BCUT2D eigenvalue weighted by Crippen LogP contribution is 2.30. The molecule has 0 saturated carbocycles. The molecule has 0 aliphatic carbocycles.